The molecule has 2 aliphatic rings. The topological polar surface area (TPSA) is 105 Å². The molecule has 8 heteroatoms. The Morgan fingerprint density at radius 2 is 0.583 bits per heavy atom. The lowest BCUT2D eigenvalue weighted by atomic mass is 9.93. The van der Waals surface area contributed by atoms with Crippen molar-refractivity contribution in [1.82, 2.24) is 0 Å². The highest BCUT2D eigenvalue weighted by molar-refractivity contribution is 6.29. The molecule has 0 aromatic heterocycles. The first kappa shape index (κ1) is 37.5. The number of carbonyl (C=O) groups excluding carboxylic acids is 4. The van der Waals surface area contributed by atoms with Gasteiger partial charge in [0, 0.05) is 54.6 Å². The third-order valence-corrected chi connectivity index (χ3v) is 10.7. The average molecular weight is 785 g/mol. The first-order valence-corrected chi connectivity index (χ1v) is 19.6. The van der Waals surface area contributed by atoms with Crippen LogP contribution < -0.4 is 0 Å². The van der Waals surface area contributed by atoms with E-state index in [-0.39, 0.29) is 26.4 Å². The molecule has 0 amide bonds. The summed E-state index contributed by atoms with van der Waals surface area (Å²) in [6, 6.07) is 46.8. The molecule has 0 heterocycles. The monoisotopic (exact) mass is 784 g/mol. The van der Waals surface area contributed by atoms with Crippen molar-refractivity contribution in [1.29, 1.82) is 0 Å². The first-order valence-electron chi connectivity index (χ1n) is 19.6. The molecule has 0 fully saturated rings. The Morgan fingerprint density at radius 1 is 0.350 bits per heavy atom. The fourth-order valence-corrected chi connectivity index (χ4v) is 8.48. The zero-order chi connectivity index (χ0) is 41.7. The molecule has 7 aromatic carbocycles. The molecule has 7 aromatic rings. The van der Waals surface area contributed by atoms with Gasteiger partial charge in [-0.3, -0.25) is 0 Å². The molecule has 0 aliphatic heterocycles. The van der Waals surface area contributed by atoms with Crippen LogP contribution in [0.15, 0.2) is 72.8 Å². The fourth-order valence-electron chi connectivity index (χ4n) is 8.48. The minimum absolute atomic E-state index is 0.188. The minimum atomic E-state index is -0.498. The second-order valence-electron chi connectivity index (χ2n) is 13.8. The van der Waals surface area contributed by atoms with Crippen molar-refractivity contribution >= 4 is 67.0 Å². The lowest BCUT2D eigenvalue weighted by molar-refractivity contribution is 0.0513. The predicted molar refractivity (Wildman–Crippen MR) is 226 cm³/mol. The summed E-state index contributed by atoms with van der Waals surface area (Å²) in [5, 5.41) is 5.65. The van der Waals surface area contributed by atoms with Crippen LogP contribution in [0.4, 0.5) is 0 Å². The van der Waals surface area contributed by atoms with Gasteiger partial charge in [-0.15, -0.1) is 0 Å². The Kier molecular flexibility index (Phi) is 9.41. The molecular formula is C52H32O8. The Labute approximate surface area is 346 Å². The SMILES string of the molecule is CCOC(=O)c1ccc(C(=O)OCC)c2c1-c1ccc3c#cc#cc4ccc5c6c(ccc(c#cc#cc7ccc-2c1c37)c46)-c1c(C(=O)OCC)ccc(C(=O)OCC)c1-5. The third-order valence-electron chi connectivity index (χ3n) is 10.7. The second-order valence-corrected chi connectivity index (χ2v) is 13.8. The van der Waals surface area contributed by atoms with Gasteiger partial charge in [0.05, 0.1) is 48.7 Å². The van der Waals surface area contributed by atoms with E-state index in [4.69, 9.17) is 18.9 Å². The van der Waals surface area contributed by atoms with E-state index in [0.29, 0.717) is 66.1 Å². The molecule has 0 saturated heterocycles. The number of fused-ring (bicyclic) bond motifs is 6. The summed E-state index contributed by atoms with van der Waals surface area (Å²) in [5.41, 5.74) is 6.67. The lowest BCUT2D eigenvalue weighted by Gasteiger charge is -2.13. The lowest BCUT2D eigenvalue weighted by Crippen LogP contribution is -2.11. The van der Waals surface area contributed by atoms with Gasteiger partial charge in [-0.25, -0.2) is 19.2 Å². The summed E-state index contributed by atoms with van der Waals surface area (Å²) in [6.07, 6.45) is 0. The molecule has 0 radical (unpaired) electrons. The molecule has 0 atom stereocenters. The van der Waals surface area contributed by atoms with E-state index in [2.05, 4.69) is 48.5 Å². The Morgan fingerprint density at radius 3 is 0.800 bits per heavy atom. The summed E-state index contributed by atoms with van der Waals surface area (Å²) in [7, 11) is 0. The maximum absolute atomic E-state index is 13.3. The molecule has 0 saturated carbocycles. The van der Waals surface area contributed by atoms with Gasteiger partial charge >= 0.3 is 23.9 Å². The Hall–Kier alpha value is -8.04. The maximum Gasteiger partial charge on any atom is 0.338 e. The van der Waals surface area contributed by atoms with Crippen molar-refractivity contribution < 1.29 is 38.1 Å². The summed E-state index contributed by atoms with van der Waals surface area (Å²) in [4.78, 5) is 53.3. The Balaban J connectivity index is 1.29. The number of ether oxygens (including phenoxy) is 4. The normalized spacial score (nSPS) is 11.0. The van der Waals surface area contributed by atoms with Crippen molar-refractivity contribution in [3.05, 3.63) is 144 Å². The molecular weight excluding hydrogens is 753 g/mol. The van der Waals surface area contributed by atoms with Crippen LogP contribution in [0.3, 0.4) is 0 Å². The molecule has 8 nitrogen and oxygen atoms in total. The highest BCUT2D eigenvalue weighted by atomic mass is 16.5. The standard InChI is InChI=1S/C52H32O8/c1-5-57-49(53)37-25-26-38(50(54)58-6-2)46-34-22-18-30-14-10-12-16-32-20-24-36-44-35(47-39(51(55)59-7-3)27-28-40(48(36)47)52(56)60-8-4)23-19-31(42(32)44)15-11-9-13-29-17-21-33(45(37)46)43(34)41(29)30/h17-28H,5-8H2,1-4H3. The molecule has 2 aliphatic carbocycles. The van der Waals surface area contributed by atoms with Crippen molar-refractivity contribution in [2.45, 2.75) is 27.7 Å². The van der Waals surface area contributed by atoms with Crippen molar-refractivity contribution in [2.24, 2.45) is 0 Å². The smallest absolute Gasteiger partial charge is 0.338 e. The van der Waals surface area contributed by atoms with E-state index >= 15 is 0 Å². The number of rotatable bonds is 8. The van der Waals surface area contributed by atoms with Gasteiger partial charge in [0.15, 0.2) is 0 Å². The zero-order valence-electron chi connectivity index (χ0n) is 33.0. The number of esters is 4. The van der Waals surface area contributed by atoms with Crippen molar-refractivity contribution in [3.8, 4) is 44.5 Å². The largest absolute Gasteiger partial charge is 0.462 e. The van der Waals surface area contributed by atoms with E-state index in [0.717, 1.165) is 43.8 Å². The number of benzene rings is 6. The van der Waals surface area contributed by atoms with Crippen LogP contribution in [-0.2, 0) is 18.9 Å². The first-order chi connectivity index (χ1) is 29.3. The highest BCUT2D eigenvalue weighted by Gasteiger charge is 2.34. The van der Waals surface area contributed by atoms with E-state index < -0.39 is 23.9 Å². The zero-order valence-corrected chi connectivity index (χ0v) is 33.0. The molecule has 0 N–H and O–H groups in total. The van der Waals surface area contributed by atoms with Crippen molar-refractivity contribution in [2.75, 3.05) is 26.4 Å². The molecule has 288 valence electrons. The van der Waals surface area contributed by atoms with E-state index in [9.17, 15) is 19.2 Å². The van der Waals surface area contributed by atoms with Gasteiger partial charge in [0.25, 0.3) is 0 Å². The summed E-state index contributed by atoms with van der Waals surface area (Å²) < 4.78 is 21.8. The molecule has 0 bridgehead atoms. The van der Waals surface area contributed by atoms with Gasteiger partial charge < -0.3 is 18.9 Å². The molecule has 9 rings (SSSR count). The Bertz CT molecular complexity index is 2710. The van der Waals surface area contributed by atoms with Gasteiger partial charge in [-0.05, 0) is 134 Å². The highest BCUT2D eigenvalue weighted by Crippen LogP contribution is 2.53. The second kappa shape index (κ2) is 15.0. The average Bonchev–Trinajstić information content (AvgIpc) is 3.77. The van der Waals surface area contributed by atoms with E-state index in [1.54, 1.807) is 52.0 Å². The van der Waals surface area contributed by atoms with Crippen LogP contribution in [-0.4, -0.2) is 50.3 Å². The molecule has 60 heavy (non-hydrogen) atoms. The van der Waals surface area contributed by atoms with Crippen LogP contribution in [0.1, 0.15) is 69.1 Å². The molecule has 0 unspecified atom stereocenters. The molecule has 0 spiro atoms. The van der Waals surface area contributed by atoms with E-state index in [1.807, 2.05) is 48.5 Å². The predicted octanol–water partition coefficient (Wildman–Crippen LogP) is 10.4. The number of hydrogen-bond acceptors (Lipinski definition) is 8. The minimum Gasteiger partial charge on any atom is -0.462 e. The number of carbonyl (C=O) groups is 4. The summed E-state index contributed by atoms with van der Waals surface area (Å²) >= 11 is 0. The maximum atomic E-state index is 13.3. The van der Waals surface area contributed by atoms with Crippen LogP contribution >= 0.6 is 0 Å². The van der Waals surface area contributed by atoms with E-state index in [1.165, 1.54) is 0 Å². The summed E-state index contributed by atoms with van der Waals surface area (Å²) in [6.45, 7) is 7.74. The van der Waals surface area contributed by atoms with Crippen LogP contribution in [0.5, 0.6) is 0 Å². The third kappa shape index (κ3) is 5.78. The van der Waals surface area contributed by atoms with Crippen molar-refractivity contribution in [3.63, 3.8) is 0 Å². The van der Waals surface area contributed by atoms with Crippen LogP contribution in [0, 0.1) is 48.5 Å². The van der Waals surface area contributed by atoms with Gasteiger partial charge in [-0.1, -0.05) is 48.5 Å². The fraction of sp³-hybridized carbons (Fsp3) is 0.154. The van der Waals surface area contributed by atoms with Gasteiger partial charge in [0.1, 0.15) is 0 Å². The summed E-state index contributed by atoms with van der Waals surface area (Å²) in [5.74, 6) is -1.99. The van der Waals surface area contributed by atoms with Gasteiger partial charge in [-0.2, -0.15) is 0 Å². The van der Waals surface area contributed by atoms with Gasteiger partial charge in [0.2, 0.25) is 0 Å². The number of hydrogen-bond donors (Lipinski definition) is 0. The van der Waals surface area contributed by atoms with Crippen LogP contribution in [0.25, 0.3) is 87.6 Å². The quantitative estimate of drug-likeness (QED) is 0.111. The van der Waals surface area contributed by atoms with Crippen LogP contribution in [0.2, 0.25) is 0 Å².